The lowest BCUT2D eigenvalue weighted by Crippen LogP contribution is -2.00. The summed E-state index contributed by atoms with van der Waals surface area (Å²) in [5.74, 6) is 0. The van der Waals surface area contributed by atoms with Crippen molar-refractivity contribution >= 4 is 21.4 Å². The first-order chi connectivity index (χ1) is 2.27. The summed E-state index contributed by atoms with van der Waals surface area (Å²) in [6.45, 7) is 1.75. The Morgan fingerprint density at radius 3 is 2.20 bits per heavy atom. The van der Waals surface area contributed by atoms with Gasteiger partial charge in [0.1, 0.15) is 0 Å². The highest BCUT2D eigenvalue weighted by atomic mass is 35.5. The molecular formula is C2H5ClOSi. The quantitative estimate of drug-likeness (QED) is 0.376. The number of hydrogen-bond donors (Lipinski definition) is 1. The molecule has 5 heavy (non-hydrogen) atoms. The molecule has 0 aliphatic carbocycles. The summed E-state index contributed by atoms with van der Waals surface area (Å²) in [7, 11) is -0.120. The third kappa shape index (κ3) is 4.47. The van der Waals surface area contributed by atoms with Gasteiger partial charge in [-0.15, -0.1) is 11.6 Å². The molecule has 0 saturated carbocycles. The SMILES string of the molecule is CC(Cl)[Si]O. The van der Waals surface area contributed by atoms with Gasteiger partial charge < -0.3 is 4.80 Å². The molecule has 0 spiro atoms. The van der Waals surface area contributed by atoms with Crippen LogP contribution in [-0.4, -0.2) is 19.6 Å². The van der Waals surface area contributed by atoms with E-state index in [0.29, 0.717) is 0 Å². The maximum absolute atomic E-state index is 8.04. The number of rotatable bonds is 1. The number of hydrogen-bond acceptors (Lipinski definition) is 1. The summed E-state index contributed by atoms with van der Waals surface area (Å²) < 4.78 is 0. The minimum atomic E-state index is -0.120. The van der Waals surface area contributed by atoms with Crippen molar-refractivity contribution in [3.8, 4) is 0 Å². The maximum atomic E-state index is 8.04. The third-order valence-electron chi connectivity index (χ3n) is 0.178. The van der Waals surface area contributed by atoms with E-state index in [-0.39, 0.29) is 14.8 Å². The van der Waals surface area contributed by atoms with Crippen molar-refractivity contribution in [3.63, 3.8) is 0 Å². The first kappa shape index (κ1) is 5.47. The van der Waals surface area contributed by atoms with E-state index in [1.807, 2.05) is 0 Å². The molecular weight excluding hydrogens is 104 g/mol. The minimum absolute atomic E-state index is 0.0602. The van der Waals surface area contributed by atoms with Gasteiger partial charge in [-0.25, -0.2) is 0 Å². The van der Waals surface area contributed by atoms with Gasteiger partial charge in [0.15, 0.2) is 0 Å². The molecule has 0 aromatic carbocycles. The molecule has 0 aliphatic rings. The molecule has 0 amide bonds. The van der Waals surface area contributed by atoms with E-state index < -0.39 is 0 Å². The predicted octanol–water partition coefficient (Wildman–Crippen LogP) is 0.183. The second-order valence-electron chi connectivity index (χ2n) is 0.745. The van der Waals surface area contributed by atoms with Crippen molar-refractivity contribution in [3.05, 3.63) is 0 Å². The van der Waals surface area contributed by atoms with Crippen LogP contribution in [0.15, 0.2) is 0 Å². The molecule has 0 rings (SSSR count). The minimum Gasteiger partial charge on any atom is -0.430 e. The van der Waals surface area contributed by atoms with E-state index in [2.05, 4.69) is 0 Å². The van der Waals surface area contributed by atoms with Crippen LogP contribution in [0.25, 0.3) is 0 Å². The van der Waals surface area contributed by atoms with Crippen molar-refractivity contribution in [2.45, 2.75) is 11.9 Å². The van der Waals surface area contributed by atoms with Crippen molar-refractivity contribution < 1.29 is 4.80 Å². The Morgan fingerprint density at radius 2 is 2.20 bits per heavy atom. The van der Waals surface area contributed by atoms with E-state index in [1.165, 1.54) is 0 Å². The van der Waals surface area contributed by atoms with E-state index in [1.54, 1.807) is 6.92 Å². The fourth-order valence-electron chi connectivity index (χ4n) is 0. The largest absolute Gasteiger partial charge is 0.430 e. The van der Waals surface area contributed by atoms with Gasteiger partial charge in [-0.2, -0.15) is 0 Å². The highest BCUT2D eigenvalue weighted by Gasteiger charge is 1.89. The molecule has 30 valence electrons. The zero-order chi connectivity index (χ0) is 4.28. The summed E-state index contributed by atoms with van der Waals surface area (Å²) in [5.41, 5.74) is 0. The molecule has 1 N–H and O–H groups in total. The van der Waals surface area contributed by atoms with Crippen LogP contribution in [0, 0.1) is 0 Å². The predicted molar refractivity (Wildman–Crippen MR) is 23.3 cm³/mol. The van der Waals surface area contributed by atoms with Gasteiger partial charge in [-0.3, -0.25) is 0 Å². The lowest BCUT2D eigenvalue weighted by atomic mass is 11.0. The molecule has 1 nitrogen and oxygen atoms in total. The number of alkyl halides is 1. The second kappa shape index (κ2) is 2.69. The highest BCUT2D eigenvalue weighted by molar-refractivity contribution is 6.47. The molecule has 0 aromatic heterocycles. The lowest BCUT2D eigenvalue weighted by molar-refractivity contribution is 0.599. The molecule has 0 aromatic rings. The van der Waals surface area contributed by atoms with Gasteiger partial charge in [0.25, 0.3) is 0 Å². The van der Waals surface area contributed by atoms with Gasteiger partial charge in [-0.1, -0.05) is 0 Å². The standard InChI is InChI=1S/C2H5ClOSi/c1-2(3)5-4/h2,4H,1H3. The van der Waals surface area contributed by atoms with Gasteiger partial charge in [-0.05, 0) is 6.92 Å². The van der Waals surface area contributed by atoms with Gasteiger partial charge >= 0.3 is 0 Å². The maximum Gasteiger partial charge on any atom is 0.244 e. The van der Waals surface area contributed by atoms with E-state index in [4.69, 9.17) is 16.4 Å². The van der Waals surface area contributed by atoms with E-state index in [0.717, 1.165) is 0 Å². The summed E-state index contributed by atoms with van der Waals surface area (Å²) in [6, 6.07) is 0. The smallest absolute Gasteiger partial charge is 0.244 e. The molecule has 3 heteroatoms. The van der Waals surface area contributed by atoms with Crippen LogP contribution >= 0.6 is 11.6 Å². The second-order valence-corrected chi connectivity index (χ2v) is 2.89. The van der Waals surface area contributed by atoms with Crippen molar-refractivity contribution in [1.82, 2.24) is 0 Å². The van der Waals surface area contributed by atoms with Crippen LogP contribution < -0.4 is 0 Å². The molecule has 0 bridgehead atoms. The normalized spacial score (nSPS) is 15.0. The van der Waals surface area contributed by atoms with Gasteiger partial charge in [0.05, 0.1) is 0 Å². The van der Waals surface area contributed by atoms with Crippen molar-refractivity contribution in [2.75, 3.05) is 0 Å². The summed E-state index contributed by atoms with van der Waals surface area (Å²) >= 11 is 5.22. The van der Waals surface area contributed by atoms with Crippen LogP contribution in [0.1, 0.15) is 6.92 Å². The Kier molecular flexibility index (Phi) is 2.94. The van der Waals surface area contributed by atoms with Crippen molar-refractivity contribution in [1.29, 1.82) is 0 Å². The zero-order valence-corrected chi connectivity index (χ0v) is 4.66. The average Bonchev–Trinajstić information content (AvgIpc) is 1.38. The average molecular weight is 109 g/mol. The summed E-state index contributed by atoms with van der Waals surface area (Å²) in [6.07, 6.45) is 0. The molecule has 0 saturated heterocycles. The fourth-order valence-corrected chi connectivity index (χ4v) is 0. The zero-order valence-electron chi connectivity index (χ0n) is 2.90. The number of halogens is 1. The molecule has 1 atom stereocenters. The molecule has 0 fully saturated rings. The molecule has 1 unspecified atom stereocenters. The van der Waals surface area contributed by atoms with E-state index >= 15 is 0 Å². The third-order valence-corrected chi connectivity index (χ3v) is 0.826. The lowest BCUT2D eigenvalue weighted by Gasteiger charge is -1.83. The first-order valence-electron chi connectivity index (χ1n) is 1.31. The topological polar surface area (TPSA) is 20.2 Å². The summed E-state index contributed by atoms with van der Waals surface area (Å²) in [5, 5.41) is -0.0602. The molecule has 0 heterocycles. The highest BCUT2D eigenvalue weighted by Crippen LogP contribution is 1.84. The molecule has 2 radical (unpaired) electrons. The van der Waals surface area contributed by atoms with Gasteiger partial charge in [0, 0.05) is 5.00 Å². The molecule has 0 aliphatic heterocycles. The Balaban J connectivity index is 2.54. The van der Waals surface area contributed by atoms with Crippen LogP contribution in [0.4, 0.5) is 0 Å². The van der Waals surface area contributed by atoms with E-state index in [9.17, 15) is 0 Å². The van der Waals surface area contributed by atoms with Gasteiger partial charge in [0.2, 0.25) is 9.76 Å². The fraction of sp³-hybridized carbons (Fsp3) is 1.00. The van der Waals surface area contributed by atoms with Crippen LogP contribution in [0.2, 0.25) is 0 Å². The van der Waals surface area contributed by atoms with Crippen LogP contribution in [0.5, 0.6) is 0 Å². The Labute approximate surface area is 38.9 Å². The summed E-state index contributed by atoms with van der Waals surface area (Å²) in [4.78, 5) is 8.04. The van der Waals surface area contributed by atoms with Crippen LogP contribution in [0.3, 0.4) is 0 Å². The Bertz CT molecular complexity index is 23.6. The monoisotopic (exact) mass is 108 g/mol. The Hall–Kier alpha value is 0.467. The van der Waals surface area contributed by atoms with Crippen LogP contribution in [-0.2, 0) is 0 Å². The van der Waals surface area contributed by atoms with Crippen molar-refractivity contribution in [2.24, 2.45) is 0 Å². The Morgan fingerprint density at radius 1 is 2.00 bits per heavy atom. The first-order valence-corrected chi connectivity index (χ1v) is 2.77.